The predicted octanol–water partition coefficient (Wildman–Crippen LogP) is 1.90. The molecule has 0 unspecified atom stereocenters. The summed E-state index contributed by atoms with van der Waals surface area (Å²) in [5.74, 6) is 0.0540. The van der Waals surface area contributed by atoms with Gasteiger partial charge in [-0.15, -0.1) is 0 Å². The lowest BCUT2D eigenvalue weighted by atomic mass is 9.97. The van der Waals surface area contributed by atoms with Gasteiger partial charge in [-0.05, 0) is 60.7 Å². The van der Waals surface area contributed by atoms with E-state index in [9.17, 15) is 9.90 Å². The third-order valence-corrected chi connectivity index (χ3v) is 7.07. The first kappa shape index (κ1) is 21.4. The van der Waals surface area contributed by atoms with Gasteiger partial charge in [-0.2, -0.15) is 0 Å². The fourth-order valence-electron chi connectivity index (χ4n) is 5.32. The van der Waals surface area contributed by atoms with E-state index in [2.05, 4.69) is 51.5 Å². The summed E-state index contributed by atoms with van der Waals surface area (Å²) in [4.78, 5) is 19.7. The van der Waals surface area contributed by atoms with E-state index in [0.717, 1.165) is 69.7 Å². The molecule has 6 nitrogen and oxygen atoms in total. The Hall–Kier alpha value is -2.41. The maximum atomic E-state index is 13.1. The van der Waals surface area contributed by atoms with Crippen LogP contribution in [0.5, 0.6) is 0 Å². The predicted molar refractivity (Wildman–Crippen MR) is 127 cm³/mol. The molecule has 0 bridgehead atoms. The van der Waals surface area contributed by atoms with Crippen LogP contribution in [0.25, 0.3) is 0 Å². The second-order valence-electron chi connectivity index (χ2n) is 9.34. The Morgan fingerprint density at radius 1 is 0.906 bits per heavy atom. The highest BCUT2D eigenvalue weighted by Gasteiger charge is 2.28. The SMILES string of the molecule is O=C1c2ccc(N3CCCNCC3)cc2CCN1C[C@H](O)CN1CCc2ccccc2C1. The minimum absolute atomic E-state index is 0.0540. The lowest BCUT2D eigenvalue weighted by molar-refractivity contribution is 0.0493. The first-order valence-electron chi connectivity index (χ1n) is 12.0. The third-order valence-electron chi connectivity index (χ3n) is 7.07. The molecule has 1 fully saturated rings. The van der Waals surface area contributed by atoms with Crippen LogP contribution in [-0.4, -0.2) is 79.3 Å². The molecule has 32 heavy (non-hydrogen) atoms. The topological polar surface area (TPSA) is 59.1 Å². The van der Waals surface area contributed by atoms with Crippen molar-refractivity contribution in [3.8, 4) is 0 Å². The molecule has 1 amide bonds. The van der Waals surface area contributed by atoms with E-state index in [1.54, 1.807) is 0 Å². The van der Waals surface area contributed by atoms with Crippen LogP contribution in [-0.2, 0) is 19.4 Å². The molecule has 170 valence electrons. The molecule has 0 radical (unpaired) electrons. The van der Waals surface area contributed by atoms with Crippen LogP contribution in [0.4, 0.5) is 5.69 Å². The number of hydrogen-bond acceptors (Lipinski definition) is 5. The molecule has 0 saturated carbocycles. The Bertz CT molecular complexity index is 955. The van der Waals surface area contributed by atoms with Gasteiger partial charge in [0.15, 0.2) is 0 Å². The van der Waals surface area contributed by atoms with E-state index in [-0.39, 0.29) is 5.91 Å². The van der Waals surface area contributed by atoms with Gasteiger partial charge >= 0.3 is 0 Å². The Labute approximate surface area is 190 Å². The molecule has 3 heterocycles. The van der Waals surface area contributed by atoms with Gasteiger partial charge in [0.25, 0.3) is 5.91 Å². The summed E-state index contributed by atoms with van der Waals surface area (Å²) < 4.78 is 0. The van der Waals surface area contributed by atoms with Gasteiger partial charge in [-0.1, -0.05) is 24.3 Å². The van der Waals surface area contributed by atoms with Crippen molar-refractivity contribution >= 4 is 11.6 Å². The van der Waals surface area contributed by atoms with Crippen LogP contribution in [0.3, 0.4) is 0 Å². The van der Waals surface area contributed by atoms with Crippen molar-refractivity contribution in [2.45, 2.75) is 31.9 Å². The molecule has 2 aromatic carbocycles. The van der Waals surface area contributed by atoms with Crippen molar-refractivity contribution in [2.24, 2.45) is 0 Å². The molecular formula is C26H34N4O2. The van der Waals surface area contributed by atoms with Crippen LogP contribution >= 0.6 is 0 Å². The Morgan fingerprint density at radius 2 is 1.75 bits per heavy atom. The van der Waals surface area contributed by atoms with Gasteiger partial charge in [-0.3, -0.25) is 9.69 Å². The summed E-state index contributed by atoms with van der Waals surface area (Å²) in [6.45, 7) is 7.65. The molecule has 0 aromatic heterocycles. The standard InChI is InChI=1S/C26H34N4O2/c31-24(18-28-13-8-20-4-1-2-5-22(20)17-28)19-30-14-9-21-16-23(6-7-25(21)26(30)32)29-12-3-10-27-11-15-29/h1-2,4-7,16,24,27,31H,3,8-15,17-19H2/t24-/m1/s1. The number of aliphatic hydroxyl groups excluding tert-OH is 1. The zero-order chi connectivity index (χ0) is 21.9. The number of carbonyl (C=O) groups excluding carboxylic acids is 1. The van der Waals surface area contributed by atoms with Gasteiger partial charge in [-0.25, -0.2) is 0 Å². The van der Waals surface area contributed by atoms with E-state index in [4.69, 9.17) is 0 Å². The molecule has 0 spiro atoms. The third kappa shape index (κ3) is 4.68. The normalized spacial score (nSPS) is 20.5. The molecule has 2 N–H and O–H groups in total. The smallest absolute Gasteiger partial charge is 0.254 e. The number of anilines is 1. The summed E-state index contributed by atoms with van der Waals surface area (Å²) >= 11 is 0. The van der Waals surface area contributed by atoms with Crippen molar-refractivity contribution in [1.82, 2.24) is 15.1 Å². The second kappa shape index (κ2) is 9.61. The molecule has 1 saturated heterocycles. The Kier molecular flexibility index (Phi) is 6.44. The quantitative estimate of drug-likeness (QED) is 0.753. The maximum absolute atomic E-state index is 13.1. The first-order valence-corrected chi connectivity index (χ1v) is 12.0. The number of β-amino-alcohol motifs (C(OH)–C–C–N with tert-alkyl or cyclic N) is 1. The zero-order valence-corrected chi connectivity index (χ0v) is 18.8. The maximum Gasteiger partial charge on any atom is 0.254 e. The molecular weight excluding hydrogens is 400 g/mol. The molecule has 3 aliphatic heterocycles. The molecule has 5 rings (SSSR count). The van der Waals surface area contributed by atoms with Crippen molar-refractivity contribution in [3.05, 3.63) is 64.7 Å². The number of rotatable bonds is 5. The highest BCUT2D eigenvalue weighted by atomic mass is 16.3. The first-order chi connectivity index (χ1) is 15.7. The number of amides is 1. The average Bonchev–Trinajstić information content (AvgIpc) is 3.10. The van der Waals surface area contributed by atoms with Gasteiger partial charge in [0, 0.05) is 63.6 Å². The molecule has 6 heteroatoms. The van der Waals surface area contributed by atoms with Crippen LogP contribution in [0.2, 0.25) is 0 Å². The van der Waals surface area contributed by atoms with Crippen LogP contribution < -0.4 is 10.2 Å². The van der Waals surface area contributed by atoms with Crippen molar-refractivity contribution in [1.29, 1.82) is 0 Å². The highest BCUT2D eigenvalue weighted by molar-refractivity contribution is 5.97. The monoisotopic (exact) mass is 434 g/mol. The molecule has 3 aliphatic rings. The van der Waals surface area contributed by atoms with E-state index in [1.165, 1.54) is 16.8 Å². The molecule has 1 atom stereocenters. The molecule has 2 aromatic rings. The Balaban J connectivity index is 1.19. The Morgan fingerprint density at radius 3 is 2.66 bits per heavy atom. The average molecular weight is 435 g/mol. The number of carbonyl (C=O) groups is 1. The summed E-state index contributed by atoms with van der Waals surface area (Å²) in [6, 6.07) is 14.8. The van der Waals surface area contributed by atoms with E-state index >= 15 is 0 Å². The van der Waals surface area contributed by atoms with E-state index < -0.39 is 6.10 Å². The lowest BCUT2D eigenvalue weighted by Crippen LogP contribution is -2.46. The minimum Gasteiger partial charge on any atom is -0.390 e. The zero-order valence-electron chi connectivity index (χ0n) is 18.8. The van der Waals surface area contributed by atoms with Crippen LogP contribution in [0.15, 0.2) is 42.5 Å². The summed E-state index contributed by atoms with van der Waals surface area (Å²) in [5.41, 5.74) is 5.93. The summed E-state index contributed by atoms with van der Waals surface area (Å²) in [7, 11) is 0. The van der Waals surface area contributed by atoms with Crippen molar-refractivity contribution in [2.75, 3.05) is 57.3 Å². The summed E-state index contributed by atoms with van der Waals surface area (Å²) in [6.07, 6.45) is 2.48. The number of nitrogens with zero attached hydrogens (tertiary/aromatic N) is 3. The van der Waals surface area contributed by atoms with Crippen LogP contribution in [0.1, 0.15) is 33.5 Å². The molecule has 0 aliphatic carbocycles. The lowest BCUT2D eigenvalue weighted by Gasteiger charge is -2.34. The fourth-order valence-corrected chi connectivity index (χ4v) is 5.32. The van der Waals surface area contributed by atoms with Gasteiger partial charge in [0.05, 0.1) is 6.10 Å². The van der Waals surface area contributed by atoms with Gasteiger partial charge < -0.3 is 20.2 Å². The minimum atomic E-state index is -0.533. The number of nitrogens with one attached hydrogen (secondary N) is 1. The number of hydrogen-bond donors (Lipinski definition) is 2. The highest BCUT2D eigenvalue weighted by Crippen LogP contribution is 2.26. The van der Waals surface area contributed by atoms with Gasteiger partial charge in [0.2, 0.25) is 0 Å². The fraction of sp³-hybridized carbons (Fsp3) is 0.500. The van der Waals surface area contributed by atoms with E-state index in [1.807, 2.05) is 11.0 Å². The second-order valence-corrected chi connectivity index (χ2v) is 9.34. The van der Waals surface area contributed by atoms with Gasteiger partial charge in [0.1, 0.15) is 0 Å². The number of aliphatic hydroxyl groups is 1. The number of benzene rings is 2. The van der Waals surface area contributed by atoms with Crippen molar-refractivity contribution in [3.63, 3.8) is 0 Å². The van der Waals surface area contributed by atoms with Crippen LogP contribution in [0, 0.1) is 0 Å². The van der Waals surface area contributed by atoms with Crippen molar-refractivity contribution < 1.29 is 9.90 Å². The summed E-state index contributed by atoms with van der Waals surface area (Å²) in [5, 5.41) is 14.2. The van der Waals surface area contributed by atoms with E-state index in [0.29, 0.717) is 19.6 Å². The largest absolute Gasteiger partial charge is 0.390 e. The number of fused-ring (bicyclic) bond motifs is 2.